The van der Waals surface area contributed by atoms with Crippen LogP contribution in [-0.2, 0) is 25.7 Å². The van der Waals surface area contributed by atoms with Crippen LogP contribution in [0.4, 0.5) is 13.2 Å². The quantitative estimate of drug-likeness (QED) is 0.413. The highest BCUT2D eigenvalue weighted by Gasteiger charge is 2.37. The highest BCUT2D eigenvalue weighted by Crippen LogP contribution is 2.42. The van der Waals surface area contributed by atoms with E-state index in [-0.39, 0.29) is 12.5 Å². The smallest absolute Gasteiger partial charge is 0.269 e. The predicted molar refractivity (Wildman–Crippen MR) is 113 cm³/mol. The number of alkyl halides is 3. The Labute approximate surface area is 186 Å². The fourth-order valence-corrected chi connectivity index (χ4v) is 4.01. The van der Waals surface area contributed by atoms with E-state index in [0.717, 1.165) is 24.1 Å². The molecule has 0 amide bonds. The summed E-state index contributed by atoms with van der Waals surface area (Å²) in [5, 5.41) is 15.3. The minimum atomic E-state index is -4.46. The van der Waals surface area contributed by atoms with E-state index in [1.807, 2.05) is 36.5 Å². The number of rotatable bonds is 7. The van der Waals surface area contributed by atoms with Crippen molar-refractivity contribution in [2.45, 2.75) is 44.4 Å². The summed E-state index contributed by atoms with van der Waals surface area (Å²) in [4.78, 5) is 0. The third-order valence-corrected chi connectivity index (χ3v) is 5.73. The maximum atomic E-state index is 13.2. The molecule has 0 aliphatic heterocycles. The molecule has 0 atom stereocenters. The Bertz CT molecular complexity index is 1280. The van der Waals surface area contributed by atoms with Gasteiger partial charge in [0.1, 0.15) is 5.82 Å². The van der Waals surface area contributed by atoms with Gasteiger partial charge in [0.05, 0.1) is 18.4 Å². The Hall–Kier alpha value is -3.21. The first-order valence-corrected chi connectivity index (χ1v) is 10.7. The molecule has 3 aromatic heterocycles. The number of hydrogen-bond acceptors (Lipinski definition) is 4. The van der Waals surface area contributed by atoms with Crippen LogP contribution in [0.15, 0.2) is 48.8 Å². The summed E-state index contributed by atoms with van der Waals surface area (Å²) in [5.41, 5.74) is 1.65. The topological polar surface area (TPSA) is 69.2 Å². The maximum Gasteiger partial charge on any atom is 0.435 e. The highest BCUT2D eigenvalue weighted by molar-refractivity contribution is 7.71. The van der Waals surface area contributed by atoms with Crippen molar-refractivity contribution in [2.75, 3.05) is 0 Å². The van der Waals surface area contributed by atoms with E-state index in [4.69, 9.17) is 12.2 Å². The minimum Gasteiger partial charge on any atom is -0.269 e. The molecule has 4 aromatic rings. The minimum absolute atomic E-state index is 0.149. The Morgan fingerprint density at radius 2 is 1.94 bits per heavy atom. The lowest BCUT2D eigenvalue weighted by Crippen LogP contribution is -2.12. The van der Waals surface area contributed by atoms with Gasteiger partial charge in [0, 0.05) is 30.8 Å². The number of H-pyrrole nitrogens is 1. The standard InChI is InChI=1S/C21H20F3N7S/c22-21(23,24)18-10-17(15-6-7-15)30(28-18)9-8-19-26-27-20(32)31(19)16-11-25-29(13-16)12-14-4-2-1-3-5-14/h1-5,10-11,13,15H,6-9,12H2,(H,27,32). The zero-order valence-electron chi connectivity index (χ0n) is 17.0. The molecule has 166 valence electrons. The number of aromatic nitrogens is 7. The van der Waals surface area contributed by atoms with Crippen LogP contribution < -0.4 is 0 Å². The molecule has 5 rings (SSSR count). The van der Waals surface area contributed by atoms with Gasteiger partial charge in [-0.05, 0) is 36.7 Å². The Kier molecular flexibility index (Phi) is 5.20. The van der Waals surface area contributed by atoms with E-state index in [0.29, 0.717) is 29.3 Å². The molecule has 1 aromatic carbocycles. The monoisotopic (exact) mass is 459 g/mol. The van der Waals surface area contributed by atoms with E-state index in [2.05, 4.69) is 20.4 Å². The number of nitrogens with one attached hydrogen (secondary N) is 1. The molecule has 32 heavy (non-hydrogen) atoms. The molecule has 1 saturated carbocycles. The Morgan fingerprint density at radius 1 is 1.16 bits per heavy atom. The summed E-state index contributed by atoms with van der Waals surface area (Å²) in [6.07, 6.45) is 1.26. The summed E-state index contributed by atoms with van der Waals surface area (Å²) in [7, 11) is 0. The molecule has 1 aliphatic carbocycles. The van der Waals surface area contributed by atoms with Gasteiger partial charge in [0.2, 0.25) is 0 Å². The summed E-state index contributed by atoms with van der Waals surface area (Å²) in [5.74, 6) is 0.760. The van der Waals surface area contributed by atoms with Gasteiger partial charge in [-0.3, -0.25) is 19.0 Å². The van der Waals surface area contributed by atoms with Crippen LogP contribution in [0.25, 0.3) is 5.69 Å². The van der Waals surface area contributed by atoms with Crippen LogP contribution in [0.5, 0.6) is 0 Å². The SMILES string of the molecule is FC(F)(F)c1cc(C2CC2)n(CCc2n[nH]c(=S)n2-c2cnn(Cc3ccccc3)c2)n1. The number of halogens is 3. The molecule has 7 nitrogen and oxygen atoms in total. The molecule has 3 heterocycles. The van der Waals surface area contributed by atoms with Gasteiger partial charge in [-0.1, -0.05) is 30.3 Å². The number of hydrogen-bond donors (Lipinski definition) is 1. The van der Waals surface area contributed by atoms with Gasteiger partial charge >= 0.3 is 6.18 Å². The molecule has 0 spiro atoms. The van der Waals surface area contributed by atoms with Crippen molar-refractivity contribution in [3.63, 3.8) is 0 Å². The first kappa shape index (κ1) is 20.7. The molecule has 1 aliphatic rings. The molecule has 1 fully saturated rings. The average molecular weight is 460 g/mol. The number of aromatic amines is 1. The lowest BCUT2D eigenvalue weighted by atomic mass is 10.2. The van der Waals surface area contributed by atoms with E-state index < -0.39 is 11.9 Å². The first-order chi connectivity index (χ1) is 15.4. The molecule has 1 N–H and O–H groups in total. The van der Waals surface area contributed by atoms with Crippen molar-refractivity contribution >= 4 is 12.2 Å². The maximum absolute atomic E-state index is 13.2. The van der Waals surface area contributed by atoms with E-state index in [9.17, 15) is 13.2 Å². The first-order valence-electron chi connectivity index (χ1n) is 10.3. The van der Waals surface area contributed by atoms with Gasteiger partial charge in [0.15, 0.2) is 10.5 Å². The average Bonchev–Trinajstić information content (AvgIpc) is 3.16. The van der Waals surface area contributed by atoms with Crippen molar-refractivity contribution in [3.8, 4) is 5.69 Å². The molecule has 0 unspecified atom stereocenters. The summed E-state index contributed by atoms with van der Waals surface area (Å²) < 4.78 is 44.9. The van der Waals surface area contributed by atoms with Crippen LogP contribution in [0, 0.1) is 4.77 Å². The van der Waals surface area contributed by atoms with Crippen molar-refractivity contribution in [1.29, 1.82) is 0 Å². The lowest BCUT2D eigenvalue weighted by molar-refractivity contribution is -0.141. The van der Waals surface area contributed by atoms with Crippen molar-refractivity contribution in [3.05, 3.63) is 76.3 Å². The number of benzene rings is 1. The van der Waals surface area contributed by atoms with Crippen LogP contribution >= 0.6 is 12.2 Å². The van der Waals surface area contributed by atoms with E-state index in [1.165, 1.54) is 10.7 Å². The fraction of sp³-hybridized carbons (Fsp3) is 0.333. The third kappa shape index (κ3) is 4.24. The number of nitrogens with zero attached hydrogens (tertiary/aromatic N) is 6. The Morgan fingerprint density at radius 3 is 2.66 bits per heavy atom. The second-order valence-corrected chi connectivity index (χ2v) is 8.25. The van der Waals surface area contributed by atoms with E-state index >= 15 is 0 Å². The summed E-state index contributed by atoms with van der Waals surface area (Å²) in [6.45, 7) is 0.888. The number of aryl methyl sites for hydroxylation is 2. The highest BCUT2D eigenvalue weighted by atomic mass is 32.1. The summed E-state index contributed by atoms with van der Waals surface area (Å²) in [6, 6.07) is 11.1. The van der Waals surface area contributed by atoms with Crippen molar-refractivity contribution in [1.82, 2.24) is 34.3 Å². The zero-order chi connectivity index (χ0) is 22.3. The van der Waals surface area contributed by atoms with Gasteiger partial charge in [-0.15, -0.1) is 0 Å². The summed E-state index contributed by atoms with van der Waals surface area (Å²) >= 11 is 5.39. The largest absolute Gasteiger partial charge is 0.435 e. The molecular formula is C21H20F3N7S. The lowest BCUT2D eigenvalue weighted by Gasteiger charge is -2.08. The molecular weight excluding hydrogens is 439 g/mol. The molecule has 11 heteroatoms. The molecule has 0 bridgehead atoms. The second kappa shape index (κ2) is 8.05. The zero-order valence-corrected chi connectivity index (χ0v) is 17.8. The molecule has 0 saturated heterocycles. The van der Waals surface area contributed by atoms with Crippen LogP contribution in [-0.4, -0.2) is 34.3 Å². The van der Waals surface area contributed by atoms with Gasteiger partial charge in [-0.2, -0.15) is 28.5 Å². The van der Waals surface area contributed by atoms with Crippen LogP contribution in [0.2, 0.25) is 0 Å². The van der Waals surface area contributed by atoms with Crippen molar-refractivity contribution in [2.24, 2.45) is 0 Å². The van der Waals surface area contributed by atoms with Gasteiger partial charge < -0.3 is 0 Å². The van der Waals surface area contributed by atoms with Crippen LogP contribution in [0.3, 0.4) is 0 Å². The van der Waals surface area contributed by atoms with E-state index in [1.54, 1.807) is 15.4 Å². The third-order valence-electron chi connectivity index (χ3n) is 5.45. The van der Waals surface area contributed by atoms with Gasteiger partial charge in [0.25, 0.3) is 0 Å². The van der Waals surface area contributed by atoms with Crippen LogP contribution in [0.1, 0.15) is 41.5 Å². The predicted octanol–water partition coefficient (Wildman–Crippen LogP) is 4.51. The Balaban J connectivity index is 1.37. The fourth-order valence-electron chi connectivity index (χ4n) is 3.75. The normalized spacial score (nSPS) is 14.2. The van der Waals surface area contributed by atoms with Gasteiger partial charge in [-0.25, -0.2) is 0 Å². The second-order valence-electron chi connectivity index (χ2n) is 7.86. The molecule has 0 radical (unpaired) electrons. The van der Waals surface area contributed by atoms with Crippen molar-refractivity contribution < 1.29 is 13.2 Å².